The van der Waals surface area contributed by atoms with Gasteiger partial charge in [0.15, 0.2) is 0 Å². The molecule has 0 aromatic heterocycles. The SMILES string of the molecule is CC(C)(CCCCC(C)(C)[NH2+]N1C=CCO1)[NH2+]N1C=CCO1.[Br-].[Br-]. The van der Waals surface area contributed by atoms with E-state index in [0.29, 0.717) is 13.2 Å². The Balaban J connectivity index is 0.00000264. The number of quaternary nitrogens is 2. The van der Waals surface area contributed by atoms with Gasteiger partial charge in [0.2, 0.25) is 0 Å². The summed E-state index contributed by atoms with van der Waals surface area (Å²) in [6.45, 7) is 10.4. The molecule has 0 atom stereocenters. The first-order valence-corrected chi connectivity index (χ1v) is 8.24. The van der Waals surface area contributed by atoms with E-state index >= 15 is 0 Å². The Labute approximate surface area is 167 Å². The topological polar surface area (TPSA) is 58.2 Å². The van der Waals surface area contributed by atoms with E-state index in [1.165, 1.54) is 12.8 Å². The van der Waals surface area contributed by atoms with Crippen LogP contribution in [0, 0.1) is 0 Å². The van der Waals surface area contributed by atoms with Crippen molar-refractivity contribution in [3.8, 4) is 0 Å². The van der Waals surface area contributed by atoms with Crippen LogP contribution in [0.4, 0.5) is 0 Å². The highest BCUT2D eigenvalue weighted by atomic mass is 79.9. The molecular weight excluding hydrogens is 440 g/mol. The Bertz CT molecular complexity index is 379. The maximum Gasteiger partial charge on any atom is 0.114 e. The van der Waals surface area contributed by atoms with Crippen molar-refractivity contribution in [3.63, 3.8) is 0 Å². The molecule has 0 aromatic carbocycles. The van der Waals surface area contributed by atoms with Gasteiger partial charge in [-0.25, -0.2) is 20.5 Å². The van der Waals surface area contributed by atoms with Crippen molar-refractivity contribution < 1.29 is 54.5 Å². The summed E-state index contributed by atoms with van der Waals surface area (Å²) >= 11 is 0. The lowest BCUT2D eigenvalue weighted by Crippen LogP contribution is -3.01. The molecule has 0 saturated carbocycles. The van der Waals surface area contributed by atoms with Crippen molar-refractivity contribution in [2.75, 3.05) is 13.2 Å². The molecule has 0 fully saturated rings. The molecule has 0 amide bonds. The van der Waals surface area contributed by atoms with Crippen LogP contribution >= 0.6 is 0 Å². The average molecular weight is 472 g/mol. The Morgan fingerprint density at radius 3 is 1.46 bits per heavy atom. The zero-order chi connectivity index (χ0) is 16.1. The van der Waals surface area contributed by atoms with Crippen LogP contribution in [0.5, 0.6) is 0 Å². The van der Waals surface area contributed by atoms with Gasteiger partial charge >= 0.3 is 0 Å². The molecule has 2 aliphatic rings. The van der Waals surface area contributed by atoms with Crippen molar-refractivity contribution in [1.82, 2.24) is 10.3 Å². The van der Waals surface area contributed by atoms with Gasteiger partial charge in [-0.2, -0.15) is 0 Å². The Hall–Kier alpha value is -0.120. The number of nitrogens with zero attached hydrogens (tertiary/aromatic N) is 2. The molecule has 2 aliphatic heterocycles. The highest BCUT2D eigenvalue weighted by molar-refractivity contribution is 4.81. The lowest BCUT2D eigenvalue weighted by Gasteiger charge is -2.28. The quantitative estimate of drug-likeness (QED) is 0.260. The number of unbranched alkanes of at least 4 members (excludes halogenated alkanes) is 1. The minimum absolute atomic E-state index is 0. The molecule has 24 heavy (non-hydrogen) atoms. The first-order chi connectivity index (χ1) is 10.4. The van der Waals surface area contributed by atoms with Crippen molar-refractivity contribution in [3.05, 3.63) is 24.6 Å². The lowest BCUT2D eigenvalue weighted by atomic mass is 9.93. The monoisotopic (exact) mass is 470 g/mol. The summed E-state index contributed by atoms with van der Waals surface area (Å²) in [7, 11) is 0. The van der Waals surface area contributed by atoms with E-state index in [1.807, 2.05) is 34.9 Å². The summed E-state index contributed by atoms with van der Waals surface area (Å²) in [5.74, 6) is 0. The van der Waals surface area contributed by atoms with Gasteiger partial charge < -0.3 is 34.0 Å². The molecule has 6 nitrogen and oxygen atoms in total. The normalized spacial score (nSPS) is 17.2. The van der Waals surface area contributed by atoms with Crippen LogP contribution in [-0.4, -0.2) is 34.6 Å². The fourth-order valence-electron chi connectivity index (χ4n) is 2.78. The maximum atomic E-state index is 5.46. The largest absolute Gasteiger partial charge is 1.00 e. The third-order valence-corrected chi connectivity index (χ3v) is 3.99. The summed E-state index contributed by atoms with van der Waals surface area (Å²) in [6.07, 6.45) is 12.8. The number of halogens is 2. The fraction of sp³-hybridized carbons (Fsp3) is 0.750. The second-order valence-corrected chi connectivity index (χ2v) is 7.52. The Morgan fingerprint density at radius 1 is 0.792 bits per heavy atom. The third kappa shape index (κ3) is 8.82. The van der Waals surface area contributed by atoms with E-state index < -0.39 is 0 Å². The summed E-state index contributed by atoms with van der Waals surface area (Å²) in [4.78, 5) is 10.9. The number of nitrogens with two attached hydrogens (primary N) is 2. The molecule has 0 unspecified atom stereocenters. The van der Waals surface area contributed by atoms with Gasteiger partial charge in [0.25, 0.3) is 0 Å². The number of hydrogen-bond acceptors (Lipinski definition) is 4. The molecule has 0 bridgehead atoms. The molecule has 8 heteroatoms. The van der Waals surface area contributed by atoms with Gasteiger partial charge in [0.05, 0.1) is 12.4 Å². The predicted octanol–water partition coefficient (Wildman–Crippen LogP) is -5.41. The zero-order valence-electron chi connectivity index (χ0n) is 15.2. The second-order valence-electron chi connectivity index (χ2n) is 7.52. The smallest absolute Gasteiger partial charge is 0.114 e. The van der Waals surface area contributed by atoms with Crippen molar-refractivity contribution >= 4 is 0 Å². The summed E-state index contributed by atoms with van der Waals surface area (Å²) < 4.78 is 0. The fourth-order valence-corrected chi connectivity index (χ4v) is 2.78. The second kappa shape index (κ2) is 10.8. The van der Waals surface area contributed by atoms with Gasteiger partial charge in [0, 0.05) is 12.8 Å². The molecule has 0 spiro atoms. The van der Waals surface area contributed by atoms with Crippen LogP contribution in [0.3, 0.4) is 0 Å². The van der Waals surface area contributed by atoms with E-state index in [9.17, 15) is 0 Å². The molecule has 2 rings (SSSR count). The first-order valence-electron chi connectivity index (χ1n) is 8.24. The van der Waals surface area contributed by atoms with E-state index in [2.05, 4.69) is 38.5 Å². The van der Waals surface area contributed by atoms with Gasteiger partial charge in [-0.1, -0.05) is 0 Å². The lowest BCUT2D eigenvalue weighted by molar-refractivity contribution is -0.892. The number of hydroxylamine groups is 2. The zero-order valence-corrected chi connectivity index (χ0v) is 18.3. The van der Waals surface area contributed by atoms with Crippen LogP contribution in [0.25, 0.3) is 0 Å². The van der Waals surface area contributed by atoms with Gasteiger partial charge in [0.1, 0.15) is 24.3 Å². The minimum Gasteiger partial charge on any atom is -1.00 e. The predicted molar refractivity (Wildman–Crippen MR) is 84.3 cm³/mol. The van der Waals surface area contributed by atoms with Gasteiger partial charge in [-0.15, -0.1) is 10.3 Å². The number of rotatable bonds is 9. The van der Waals surface area contributed by atoms with Crippen LogP contribution in [0.2, 0.25) is 0 Å². The standard InChI is InChI=1S/C16H30N4O2.2BrH/c1-15(2,17-19-11-7-13-21-19)9-5-6-10-16(3,4)18-20-12-8-14-22-20;;/h7-8,11-12,17-18H,5-6,9-10,13-14H2,1-4H3;2*1H. The third-order valence-electron chi connectivity index (χ3n) is 3.99. The summed E-state index contributed by atoms with van der Waals surface area (Å²) in [5, 5.41) is 3.68. The van der Waals surface area contributed by atoms with Gasteiger partial charge in [-0.3, -0.25) is 0 Å². The molecule has 0 aromatic rings. The van der Waals surface area contributed by atoms with E-state index in [1.54, 1.807) is 0 Å². The highest BCUT2D eigenvalue weighted by Crippen LogP contribution is 2.15. The molecule has 0 aliphatic carbocycles. The van der Waals surface area contributed by atoms with Crippen molar-refractivity contribution in [1.29, 1.82) is 0 Å². The Kier molecular flexibility index (Phi) is 10.7. The van der Waals surface area contributed by atoms with Crippen molar-refractivity contribution in [2.45, 2.75) is 64.5 Å². The molecule has 142 valence electrons. The molecule has 4 N–H and O–H groups in total. The average Bonchev–Trinajstić information content (AvgIpc) is 3.07. The van der Waals surface area contributed by atoms with E-state index in [-0.39, 0.29) is 45.0 Å². The van der Waals surface area contributed by atoms with E-state index in [0.717, 1.165) is 12.8 Å². The Morgan fingerprint density at radius 2 is 1.17 bits per heavy atom. The van der Waals surface area contributed by atoms with E-state index in [4.69, 9.17) is 9.68 Å². The van der Waals surface area contributed by atoms with Crippen LogP contribution in [0.15, 0.2) is 24.6 Å². The van der Waals surface area contributed by atoms with Crippen molar-refractivity contribution in [2.24, 2.45) is 0 Å². The summed E-state index contributed by atoms with van der Waals surface area (Å²) in [6, 6.07) is 0. The minimum atomic E-state index is 0. The molecule has 0 saturated heterocycles. The molecule has 2 heterocycles. The molecule has 0 radical (unpaired) electrons. The first kappa shape index (κ1) is 23.9. The maximum absolute atomic E-state index is 5.46. The van der Waals surface area contributed by atoms with Crippen LogP contribution in [-0.2, 0) is 9.68 Å². The molecular formula is C16H32Br2N4O2. The van der Waals surface area contributed by atoms with Crippen LogP contribution < -0.4 is 44.8 Å². The summed E-state index contributed by atoms with van der Waals surface area (Å²) in [5.41, 5.74) is 4.67. The number of hydrogen-bond donors (Lipinski definition) is 2. The van der Waals surface area contributed by atoms with Gasteiger partial charge in [-0.05, 0) is 52.7 Å². The van der Waals surface area contributed by atoms with Crippen LogP contribution in [0.1, 0.15) is 53.4 Å². The highest BCUT2D eigenvalue weighted by Gasteiger charge is 2.28.